The molecule has 0 aromatic heterocycles. The molecule has 0 saturated carbocycles. The van der Waals surface area contributed by atoms with Crippen LogP contribution in [0.5, 0.6) is 0 Å². The summed E-state index contributed by atoms with van der Waals surface area (Å²) in [5.74, 6) is -0.385. The molecule has 0 fully saturated rings. The molecule has 1 N–H and O–H groups in total. The van der Waals surface area contributed by atoms with Crippen LogP contribution in [0.15, 0.2) is 97.1 Å². The van der Waals surface area contributed by atoms with Gasteiger partial charge in [0.15, 0.2) is 0 Å². The van der Waals surface area contributed by atoms with Crippen LogP contribution in [0, 0.1) is 6.92 Å². The molecule has 3 aromatic rings. The molecule has 0 spiro atoms. The summed E-state index contributed by atoms with van der Waals surface area (Å²) in [6, 6.07) is 26.2. The number of esters is 1. The average molecular weight is 403 g/mol. The number of cyclic esters (lactones) is 1. The summed E-state index contributed by atoms with van der Waals surface area (Å²) in [6.45, 7) is 2.00. The van der Waals surface area contributed by atoms with Crippen molar-refractivity contribution >= 4 is 23.9 Å². The zero-order valence-electron chi connectivity index (χ0n) is 16.1. The molecule has 146 valence electrons. The number of nitrogens with one attached hydrogen (secondary N) is 1. The molecule has 1 heterocycles. The number of hydrogen-bond acceptors (Lipinski definition) is 3. The lowest BCUT2D eigenvalue weighted by molar-refractivity contribution is -0.139. The lowest BCUT2D eigenvalue weighted by Crippen LogP contribution is -2.36. The van der Waals surface area contributed by atoms with E-state index in [4.69, 9.17) is 4.74 Å². The fraction of sp³-hybridized carbons (Fsp3) is 0.125. The Labute approximate surface area is 170 Å². The van der Waals surface area contributed by atoms with Gasteiger partial charge in [0, 0.05) is 16.7 Å². The van der Waals surface area contributed by atoms with E-state index in [0.29, 0.717) is 10.6 Å². The molecule has 0 amide bonds. The maximum Gasteiger partial charge on any atom is 0.331 e. The number of ether oxygens (including phenoxy) is 1. The Morgan fingerprint density at radius 2 is 1.41 bits per heavy atom. The zero-order chi connectivity index (χ0) is 20.3. The van der Waals surface area contributed by atoms with Crippen LogP contribution >= 0.6 is 7.29 Å². The zero-order valence-corrected chi connectivity index (χ0v) is 17.0. The summed E-state index contributed by atoms with van der Waals surface area (Å²) in [5, 5.41) is 4.82. The summed E-state index contributed by atoms with van der Waals surface area (Å²) in [6.07, 6.45) is 2.62. The monoisotopic (exact) mass is 403 g/mol. The Morgan fingerprint density at radius 3 is 1.93 bits per heavy atom. The van der Waals surface area contributed by atoms with Crippen molar-refractivity contribution < 1.29 is 14.1 Å². The molecule has 1 aliphatic heterocycles. The molecule has 0 aliphatic carbocycles. The van der Waals surface area contributed by atoms with Gasteiger partial charge in [0.1, 0.15) is 6.10 Å². The highest BCUT2D eigenvalue weighted by atomic mass is 31.2. The minimum Gasteiger partial charge on any atom is -0.453 e. The van der Waals surface area contributed by atoms with Gasteiger partial charge in [0.25, 0.3) is 0 Å². The van der Waals surface area contributed by atoms with Crippen molar-refractivity contribution in [3.63, 3.8) is 0 Å². The molecule has 3 aromatic carbocycles. The lowest BCUT2D eigenvalue weighted by Gasteiger charge is -2.30. The Balaban J connectivity index is 1.83. The highest BCUT2D eigenvalue weighted by Crippen LogP contribution is 2.43. The number of benzene rings is 3. The summed E-state index contributed by atoms with van der Waals surface area (Å²) in [5.41, 5.74) is 1.98. The van der Waals surface area contributed by atoms with E-state index in [1.807, 2.05) is 91.9 Å². The van der Waals surface area contributed by atoms with Crippen molar-refractivity contribution in [2.45, 2.75) is 19.1 Å². The van der Waals surface area contributed by atoms with E-state index in [9.17, 15) is 9.36 Å². The lowest BCUT2D eigenvalue weighted by atomic mass is 9.98. The Bertz CT molecular complexity index is 1040. The van der Waals surface area contributed by atoms with Gasteiger partial charge in [0.05, 0.1) is 6.04 Å². The average Bonchev–Trinajstić information content (AvgIpc) is 3.20. The first kappa shape index (κ1) is 19.4. The third-order valence-corrected chi connectivity index (χ3v) is 7.78. The summed E-state index contributed by atoms with van der Waals surface area (Å²) >= 11 is 0. The molecule has 4 nitrogen and oxygen atoms in total. The molecular weight excluding hydrogens is 381 g/mol. The van der Waals surface area contributed by atoms with Crippen LogP contribution in [0.3, 0.4) is 0 Å². The summed E-state index contributed by atoms with van der Waals surface area (Å²) < 4.78 is 20.0. The number of carbonyl (C=O) groups is 1. The molecule has 29 heavy (non-hydrogen) atoms. The molecule has 1 aliphatic rings. The second-order valence-electron chi connectivity index (χ2n) is 7.00. The van der Waals surface area contributed by atoms with Gasteiger partial charge >= 0.3 is 5.97 Å². The first-order valence-corrected chi connectivity index (χ1v) is 11.2. The Hall–Kier alpha value is -2.94. The number of aryl methyl sites for hydroxylation is 1. The topological polar surface area (TPSA) is 55.4 Å². The van der Waals surface area contributed by atoms with E-state index in [1.165, 1.54) is 6.08 Å². The van der Waals surface area contributed by atoms with Crippen LogP contribution in [0.25, 0.3) is 0 Å². The van der Waals surface area contributed by atoms with Gasteiger partial charge in [-0.15, -0.1) is 0 Å². The quantitative estimate of drug-likeness (QED) is 0.499. The van der Waals surface area contributed by atoms with Crippen molar-refractivity contribution in [2.75, 3.05) is 0 Å². The molecular formula is C24H22NO3P. The number of rotatable bonds is 6. The third kappa shape index (κ3) is 3.95. The predicted octanol–water partition coefficient (Wildman–Crippen LogP) is 4.04. The second kappa shape index (κ2) is 8.20. The minimum absolute atomic E-state index is 0.385. The van der Waals surface area contributed by atoms with Crippen LogP contribution < -0.4 is 15.7 Å². The van der Waals surface area contributed by atoms with E-state index >= 15 is 0 Å². The SMILES string of the molecule is Cc1ccccc1[C@H](NP(=O)(c1ccccc1)c1ccccc1)[C@H]1C=CC(=O)O1. The molecule has 0 unspecified atom stereocenters. The molecule has 0 bridgehead atoms. The number of carbonyl (C=O) groups excluding carboxylic acids is 1. The fourth-order valence-electron chi connectivity index (χ4n) is 3.59. The first-order valence-electron chi connectivity index (χ1n) is 9.51. The van der Waals surface area contributed by atoms with Crippen LogP contribution in [0.4, 0.5) is 0 Å². The third-order valence-electron chi connectivity index (χ3n) is 5.09. The van der Waals surface area contributed by atoms with Crippen molar-refractivity contribution in [3.05, 3.63) is 108 Å². The molecule has 0 radical (unpaired) electrons. The second-order valence-corrected chi connectivity index (χ2v) is 9.51. The molecule has 0 saturated heterocycles. The van der Waals surface area contributed by atoms with E-state index in [1.54, 1.807) is 6.08 Å². The standard InChI is InChI=1S/C24H22NO3P/c1-18-10-8-9-15-21(18)24(22-16-17-23(26)28-22)25-29(27,19-11-4-2-5-12-19)20-13-6-3-7-14-20/h2-17,22,24H,1H3,(H,25,27)/t22-,24+/m1/s1. The van der Waals surface area contributed by atoms with Gasteiger partial charge < -0.3 is 4.74 Å². The summed E-state index contributed by atoms with van der Waals surface area (Å²) in [4.78, 5) is 11.8. The van der Waals surface area contributed by atoms with Gasteiger partial charge in [-0.25, -0.2) is 9.88 Å². The van der Waals surface area contributed by atoms with Crippen LogP contribution in [0.1, 0.15) is 17.2 Å². The van der Waals surface area contributed by atoms with Crippen molar-refractivity contribution in [1.29, 1.82) is 0 Å². The Morgan fingerprint density at radius 1 is 0.862 bits per heavy atom. The van der Waals surface area contributed by atoms with Crippen molar-refractivity contribution in [3.8, 4) is 0 Å². The van der Waals surface area contributed by atoms with Crippen LogP contribution in [0.2, 0.25) is 0 Å². The Kier molecular flexibility index (Phi) is 5.48. The van der Waals surface area contributed by atoms with E-state index < -0.39 is 19.4 Å². The molecule has 4 rings (SSSR count). The van der Waals surface area contributed by atoms with Crippen LogP contribution in [-0.2, 0) is 14.1 Å². The van der Waals surface area contributed by atoms with Gasteiger partial charge in [-0.05, 0) is 48.4 Å². The normalized spacial score (nSPS) is 17.1. The first-order chi connectivity index (χ1) is 14.1. The molecule has 5 heteroatoms. The maximum atomic E-state index is 14.5. The smallest absolute Gasteiger partial charge is 0.331 e. The highest BCUT2D eigenvalue weighted by Gasteiger charge is 2.36. The van der Waals surface area contributed by atoms with E-state index in [0.717, 1.165) is 11.1 Å². The fourth-order valence-corrected chi connectivity index (χ4v) is 6.05. The minimum atomic E-state index is -3.21. The maximum absolute atomic E-state index is 14.5. The predicted molar refractivity (Wildman–Crippen MR) is 116 cm³/mol. The van der Waals surface area contributed by atoms with Crippen molar-refractivity contribution in [2.24, 2.45) is 0 Å². The van der Waals surface area contributed by atoms with Gasteiger partial charge in [0.2, 0.25) is 7.29 Å². The molecule has 2 atom stereocenters. The van der Waals surface area contributed by atoms with Crippen LogP contribution in [-0.4, -0.2) is 12.1 Å². The van der Waals surface area contributed by atoms with Gasteiger partial charge in [-0.1, -0.05) is 60.7 Å². The van der Waals surface area contributed by atoms with E-state index in [-0.39, 0.29) is 5.97 Å². The van der Waals surface area contributed by atoms with Crippen molar-refractivity contribution in [1.82, 2.24) is 5.09 Å². The highest BCUT2D eigenvalue weighted by molar-refractivity contribution is 7.76. The van der Waals surface area contributed by atoms with E-state index in [2.05, 4.69) is 5.09 Å². The summed E-state index contributed by atoms with van der Waals surface area (Å²) in [7, 11) is -3.21. The van der Waals surface area contributed by atoms with Gasteiger partial charge in [-0.2, -0.15) is 0 Å². The number of hydrogen-bond donors (Lipinski definition) is 1. The largest absolute Gasteiger partial charge is 0.453 e. The van der Waals surface area contributed by atoms with Gasteiger partial charge in [-0.3, -0.25) is 4.57 Å².